The van der Waals surface area contributed by atoms with Gasteiger partial charge in [0, 0.05) is 6.54 Å². The maximum absolute atomic E-state index is 10.5. The summed E-state index contributed by atoms with van der Waals surface area (Å²) in [5.41, 5.74) is 5.02. The number of rotatable bonds is 4. The van der Waals surface area contributed by atoms with Gasteiger partial charge in [-0.15, -0.1) is 0 Å². The summed E-state index contributed by atoms with van der Waals surface area (Å²) in [6, 6.07) is 0. The fourth-order valence-corrected chi connectivity index (χ4v) is 0.898. The minimum atomic E-state index is -3.62. The fraction of sp³-hybridized carbons (Fsp3) is 0.667. The number of hydrogen-bond donors (Lipinski definition) is 3. The molecule has 0 radical (unpaired) electrons. The average Bonchev–Trinajstić information content (AvgIpc) is 1.87. The van der Waals surface area contributed by atoms with Crippen LogP contribution in [0, 0.1) is 0 Å². The van der Waals surface area contributed by atoms with Crippen LogP contribution in [0.15, 0.2) is 0 Å². The van der Waals surface area contributed by atoms with E-state index in [1.807, 2.05) is 0 Å². The Balaban J connectivity index is 3.63. The molecule has 0 aromatic carbocycles. The summed E-state index contributed by atoms with van der Waals surface area (Å²) in [5, 5.41) is 2.47. The Morgan fingerprint density at radius 2 is 2.18 bits per heavy atom. The highest BCUT2D eigenvalue weighted by atomic mass is 32.2. The van der Waals surface area contributed by atoms with E-state index in [0.29, 0.717) is 0 Å². The van der Waals surface area contributed by atoms with E-state index in [4.69, 9.17) is 5.73 Å². The summed E-state index contributed by atoms with van der Waals surface area (Å²) in [4.78, 5) is 0. The monoisotopic (exact) mass is 199 g/mol. The predicted molar refractivity (Wildman–Crippen MR) is 43.8 cm³/mol. The zero-order valence-corrected chi connectivity index (χ0v) is 7.24. The standard InChI is InChI=1S/C3H9N3O3S2/c4-3(10)6-1-2-11(7,8)9-5/h1-2,5H2,(H3,4,6,10). The molecule has 0 spiro atoms. The highest BCUT2D eigenvalue weighted by Gasteiger charge is 2.07. The Morgan fingerprint density at radius 3 is 2.55 bits per heavy atom. The minimum Gasteiger partial charge on any atom is -0.376 e. The van der Waals surface area contributed by atoms with E-state index in [0.717, 1.165) is 0 Å². The molecule has 11 heavy (non-hydrogen) atoms. The van der Waals surface area contributed by atoms with Gasteiger partial charge in [-0.25, -0.2) is 0 Å². The van der Waals surface area contributed by atoms with E-state index in [1.165, 1.54) is 0 Å². The molecule has 0 bridgehead atoms. The van der Waals surface area contributed by atoms with Gasteiger partial charge >= 0.3 is 0 Å². The summed E-state index contributed by atoms with van der Waals surface area (Å²) in [5.74, 6) is 4.18. The number of hydrogen-bond acceptors (Lipinski definition) is 5. The number of nitrogens with one attached hydrogen (secondary N) is 1. The van der Waals surface area contributed by atoms with E-state index >= 15 is 0 Å². The minimum absolute atomic E-state index is 0.0391. The van der Waals surface area contributed by atoms with Gasteiger partial charge in [-0.05, 0) is 12.2 Å². The molecule has 0 aliphatic rings. The van der Waals surface area contributed by atoms with Gasteiger partial charge in [0.15, 0.2) is 5.11 Å². The normalized spacial score (nSPS) is 11.0. The van der Waals surface area contributed by atoms with Crippen molar-refractivity contribution in [3.8, 4) is 0 Å². The van der Waals surface area contributed by atoms with Crippen molar-refractivity contribution in [1.82, 2.24) is 5.32 Å². The lowest BCUT2D eigenvalue weighted by Crippen LogP contribution is -2.33. The third kappa shape index (κ3) is 5.98. The molecule has 6 nitrogen and oxygen atoms in total. The molecule has 0 aromatic heterocycles. The molecule has 8 heteroatoms. The van der Waals surface area contributed by atoms with Crippen molar-refractivity contribution in [3.63, 3.8) is 0 Å². The van der Waals surface area contributed by atoms with Gasteiger partial charge < -0.3 is 11.1 Å². The van der Waals surface area contributed by atoms with E-state index in [2.05, 4.69) is 27.7 Å². The SMILES string of the molecule is NOS(=O)(=O)CCNC(N)=S. The number of thiocarbonyl (C=S) groups is 1. The molecular formula is C3H9N3O3S2. The largest absolute Gasteiger partial charge is 0.376 e. The Morgan fingerprint density at radius 1 is 1.64 bits per heavy atom. The van der Waals surface area contributed by atoms with Crippen LogP contribution in [-0.4, -0.2) is 25.8 Å². The molecule has 0 amide bonds. The van der Waals surface area contributed by atoms with Gasteiger partial charge in [0.05, 0.1) is 5.75 Å². The van der Waals surface area contributed by atoms with Crippen molar-refractivity contribution >= 4 is 27.4 Å². The second-order valence-corrected chi connectivity index (χ2v) is 3.80. The van der Waals surface area contributed by atoms with Crippen molar-refractivity contribution in [2.75, 3.05) is 12.3 Å². The lowest BCUT2D eigenvalue weighted by atomic mass is 10.7. The summed E-state index contributed by atoms with van der Waals surface area (Å²) in [6.45, 7) is 0.0921. The van der Waals surface area contributed by atoms with Crippen LogP contribution in [0.5, 0.6) is 0 Å². The lowest BCUT2D eigenvalue weighted by molar-refractivity contribution is 0.333. The van der Waals surface area contributed by atoms with E-state index in [-0.39, 0.29) is 17.4 Å². The molecule has 5 N–H and O–H groups in total. The van der Waals surface area contributed by atoms with Crippen LogP contribution in [0.3, 0.4) is 0 Å². The van der Waals surface area contributed by atoms with Crippen LogP contribution in [0.1, 0.15) is 0 Å². The van der Waals surface area contributed by atoms with Gasteiger partial charge in [0.2, 0.25) is 0 Å². The van der Waals surface area contributed by atoms with Gasteiger partial charge in [-0.1, -0.05) is 0 Å². The Kier molecular flexibility index (Phi) is 4.26. The zero-order valence-electron chi connectivity index (χ0n) is 5.61. The van der Waals surface area contributed by atoms with Crippen molar-refractivity contribution in [2.45, 2.75) is 0 Å². The molecule has 0 atom stereocenters. The zero-order chi connectivity index (χ0) is 8.91. The number of nitrogens with two attached hydrogens (primary N) is 2. The Hall–Kier alpha value is -0.440. The van der Waals surface area contributed by atoms with Crippen molar-refractivity contribution in [1.29, 1.82) is 0 Å². The highest BCUT2D eigenvalue weighted by Crippen LogP contribution is 1.84. The summed E-state index contributed by atoms with van der Waals surface area (Å²) in [6.07, 6.45) is 0. The molecule has 0 aliphatic heterocycles. The quantitative estimate of drug-likeness (QED) is 0.356. The molecule has 66 valence electrons. The Labute approximate surface area is 70.0 Å². The van der Waals surface area contributed by atoms with Crippen LogP contribution in [0.4, 0.5) is 0 Å². The molecule has 0 rings (SSSR count). The summed E-state index contributed by atoms with van der Waals surface area (Å²) in [7, 11) is -3.62. The van der Waals surface area contributed by atoms with Crippen LogP contribution < -0.4 is 16.9 Å². The highest BCUT2D eigenvalue weighted by molar-refractivity contribution is 7.86. The van der Waals surface area contributed by atoms with Crippen molar-refractivity contribution < 1.29 is 12.7 Å². The van der Waals surface area contributed by atoms with Gasteiger partial charge in [0.25, 0.3) is 10.1 Å². The van der Waals surface area contributed by atoms with Crippen molar-refractivity contribution in [2.24, 2.45) is 11.6 Å². The summed E-state index contributed by atoms with van der Waals surface area (Å²) < 4.78 is 24.7. The molecule has 0 saturated heterocycles. The van der Waals surface area contributed by atoms with Crippen LogP contribution in [0.25, 0.3) is 0 Å². The summed E-state index contributed by atoms with van der Waals surface area (Å²) >= 11 is 4.42. The molecule has 0 saturated carbocycles. The first-order valence-electron chi connectivity index (χ1n) is 2.62. The maximum atomic E-state index is 10.5. The van der Waals surface area contributed by atoms with E-state index in [1.54, 1.807) is 0 Å². The Bertz CT molecular complexity index is 224. The third-order valence-electron chi connectivity index (χ3n) is 0.798. The molecule has 0 aromatic rings. The molecule has 0 fully saturated rings. The second-order valence-electron chi connectivity index (χ2n) is 1.65. The smallest absolute Gasteiger partial charge is 0.284 e. The van der Waals surface area contributed by atoms with Gasteiger partial charge in [-0.2, -0.15) is 18.6 Å². The van der Waals surface area contributed by atoms with E-state index in [9.17, 15) is 8.42 Å². The van der Waals surface area contributed by atoms with Gasteiger partial charge in [-0.3, -0.25) is 0 Å². The molecule has 0 heterocycles. The maximum Gasteiger partial charge on any atom is 0.284 e. The van der Waals surface area contributed by atoms with Gasteiger partial charge in [0.1, 0.15) is 0 Å². The first-order chi connectivity index (χ1) is 4.98. The first kappa shape index (κ1) is 10.6. The van der Waals surface area contributed by atoms with Crippen LogP contribution in [0.2, 0.25) is 0 Å². The topological polar surface area (TPSA) is 107 Å². The molecule has 0 aliphatic carbocycles. The third-order valence-corrected chi connectivity index (χ3v) is 1.94. The average molecular weight is 199 g/mol. The molecule has 0 unspecified atom stereocenters. The molecular weight excluding hydrogens is 190 g/mol. The lowest BCUT2D eigenvalue weighted by Gasteiger charge is -2.01. The fourth-order valence-electron chi connectivity index (χ4n) is 0.347. The predicted octanol–water partition coefficient (Wildman–Crippen LogP) is -1.96. The first-order valence-corrected chi connectivity index (χ1v) is 4.61. The van der Waals surface area contributed by atoms with Crippen molar-refractivity contribution in [3.05, 3.63) is 0 Å². The van der Waals surface area contributed by atoms with E-state index < -0.39 is 10.1 Å². The van der Waals surface area contributed by atoms with Crippen LogP contribution in [-0.2, 0) is 14.4 Å². The van der Waals surface area contributed by atoms with Crippen LogP contribution >= 0.6 is 12.2 Å². The second kappa shape index (κ2) is 4.44.